The summed E-state index contributed by atoms with van der Waals surface area (Å²) < 4.78 is 7.96. The maximum absolute atomic E-state index is 12.3. The molecule has 0 aromatic carbocycles. The molecule has 106 valence electrons. The lowest BCUT2D eigenvalue weighted by atomic mass is 10.1. The highest BCUT2D eigenvalue weighted by Crippen LogP contribution is 2.17. The molecule has 0 spiro atoms. The Balaban J connectivity index is 2.13. The topological polar surface area (TPSA) is 34.5 Å². The molecule has 2 heterocycles. The van der Waals surface area contributed by atoms with Crippen LogP contribution >= 0.6 is 0 Å². The third kappa shape index (κ3) is 3.60. The third-order valence-corrected chi connectivity index (χ3v) is 3.44. The average Bonchev–Trinajstić information content (AvgIpc) is 2.68. The quantitative estimate of drug-likeness (QED) is 0.836. The van der Waals surface area contributed by atoms with Crippen LogP contribution in [0.3, 0.4) is 0 Å². The predicted molar refractivity (Wildman–Crippen MR) is 74.7 cm³/mol. The summed E-state index contributed by atoms with van der Waals surface area (Å²) in [7, 11) is 0. The van der Waals surface area contributed by atoms with Gasteiger partial charge < -0.3 is 14.2 Å². The first-order chi connectivity index (χ1) is 9.10. The molecule has 0 radical (unpaired) electrons. The van der Waals surface area contributed by atoms with Gasteiger partial charge in [0.1, 0.15) is 0 Å². The van der Waals surface area contributed by atoms with Crippen molar-refractivity contribution in [1.29, 1.82) is 0 Å². The summed E-state index contributed by atoms with van der Waals surface area (Å²) in [6.45, 7) is 9.08. The van der Waals surface area contributed by atoms with E-state index in [0.29, 0.717) is 32.0 Å². The molecule has 1 aromatic rings. The van der Waals surface area contributed by atoms with E-state index in [9.17, 15) is 4.79 Å². The number of carbonyl (C=O) groups is 1. The summed E-state index contributed by atoms with van der Waals surface area (Å²) in [5, 5.41) is 0. The van der Waals surface area contributed by atoms with Gasteiger partial charge in [-0.3, -0.25) is 4.79 Å². The molecule has 4 nitrogen and oxygen atoms in total. The fraction of sp³-hybridized carbons (Fsp3) is 0.667. The summed E-state index contributed by atoms with van der Waals surface area (Å²) in [5.74, 6) is 0.627. The zero-order valence-electron chi connectivity index (χ0n) is 12.1. The Morgan fingerprint density at radius 2 is 2.26 bits per heavy atom. The normalized spacial score (nSPS) is 19.4. The van der Waals surface area contributed by atoms with E-state index in [0.717, 1.165) is 6.54 Å². The van der Waals surface area contributed by atoms with Crippen molar-refractivity contribution in [3.05, 3.63) is 24.0 Å². The first kappa shape index (κ1) is 14.1. The number of hydrogen-bond acceptors (Lipinski definition) is 2. The van der Waals surface area contributed by atoms with E-state index >= 15 is 0 Å². The first-order valence-electron chi connectivity index (χ1n) is 7.13. The van der Waals surface area contributed by atoms with Gasteiger partial charge >= 0.3 is 0 Å². The molecule has 19 heavy (non-hydrogen) atoms. The van der Waals surface area contributed by atoms with Crippen LogP contribution in [-0.2, 0) is 22.6 Å². The number of aromatic nitrogens is 1. The van der Waals surface area contributed by atoms with Crippen molar-refractivity contribution < 1.29 is 9.53 Å². The van der Waals surface area contributed by atoms with Crippen molar-refractivity contribution in [2.75, 3.05) is 13.2 Å². The second kappa shape index (κ2) is 6.24. The van der Waals surface area contributed by atoms with Gasteiger partial charge in [-0.15, -0.1) is 0 Å². The smallest absolute Gasteiger partial charge is 0.223 e. The molecule has 0 unspecified atom stereocenters. The predicted octanol–water partition coefficient (Wildman–Crippen LogP) is 2.28. The molecule has 4 heteroatoms. The number of nitrogens with zero attached hydrogens (tertiary/aromatic N) is 2. The van der Waals surface area contributed by atoms with Crippen molar-refractivity contribution in [3.8, 4) is 0 Å². The fourth-order valence-corrected chi connectivity index (χ4v) is 2.56. The van der Waals surface area contributed by atoms with Crippen LogP contribution in [0, 0.1) is 5.92 Å². The van der Waals surface area contributed by atoms with E-state index in [1.807, 2.05) is 17.9 Å². The zero-order valence-corrected chi connectivity index (χ0v) is 12.1. The van der Waals surface area contributed by atoms with Gasteiger partial charge in [-0.05, 0) is 25.0 Å². The zero-order chi connectivity index (χ0) is 13.8. The molecule has 0 saturated heterocycles. The Labute approximate surface area is 115 Å². The van der Waals surface area contributed by atoms with Crippen LogP contribution in [0.25, 0.3) is 0 Å². The van der Waals surface area contributed by atoms with Gasteiger partial charge in [0.2, 0.25) is 5.91 Å². The summed E-state index contributed by atoms with van der Waals surface area (Å²) in [5.41, 5.74) is 1.19. The lowest BCUT2D eigenvalue weighted by molar-refractivity contribution is -0.134. The Morgan fingerprint density at radius 1 is 1.47 bits per heavy atom. The van der Waals surface area contributed by atoms with Crippen LogP contribution in [0.15, 0.2) is 18.3 Å². The van der Waals surface area contributed by atoms with Crippen molar-refractivity contribution >= 4 is 5.91 Å². The van der Waals surface area contributed by atoms with Crippen molar-refractivity contribution in [2.24, 2.45) is 5.92 Å². The van der Waals surface area contributed by atoms with Crippen LogP contribution in [-0.4, -0.2) is 34.6 Å². The number of fused-ring (bicyclic) bond motifs is 1. The summed E-state index contributed by atoms with van der Waals surface area (Å²) in [6, 6.07) is 4.12. The molecule has 1 amide bonds. The number of hydrogen-bond donors (Lipinski definition) is 0. The first-order valence-corrected chi connectivity index (χ1v) is 7.13. The molecule has 0 saturated carbocycles. The van der Waals surface area contributed by atoms with E-state index in [2.05, 4.69) is 30.7 Å². The molecular weight excluding hydrogens is 240 g/mol. The molecule has 0 fully saturated rings. The van der Waals surface area contributed by atoms with Gasteiger partial charge in [-0.1, -0.05) is 13.8 Å². The number of carbonyl (C=O) groups excluding carboxylic acids is 1. The van der Waals surface area contributed by atoms with Gasteiger partial charge in [0.15, 0.2) is 0 Å². The minimum atomic E-state index is 0.0924. The Hall–Kier alpha value is -1.29. The molecule has 2 rings (SSSR count). The minimum Gasteiger partial charge on any atom is -0.375 e. The maximum Gasteiger partial charge on any atom is 0.223 e. The van der Waals surface area contributed by atoms with Crippen LogP contribution < -0.4 is 0 Å². The molecule has 1 aliphatic rings. The van der Waals surface area contributed by atoms with Gasteiger partial charge in [0.05, 0.1) is 19.2 Å². The van der Waals surface area contributed by atoms with Crippen molar-refractivity contribution in [1.82, 2.24) is 9.47 Å². The molecule has 0 aliphatic carbocycles. The van der Waals surface area contributed by atoms with E-state index < -0.39 is 0 Å². The maximum atomic E-state index is 12.3. The van der Waals surface area contributed by atoms with Crippen LogP contribution in [0.1, 0.15) is 32.9 Å². The highest BCUT2D eigenvalue weighted by molar-refractivity contribution is 5.76. The fourth-order valence-electron chi connectivity index (χ4n) is 2.56. The van der Waals surface area contributed by atoms with Gasteiger partial charge in [-0.25, -0.2) is 0 Å². The average molecular weight is 264 g/mol. The second-order valence-electron chi connectivity index (χ2n) is 5.60. The number of ether oxygens (including phenoxy) is 1. The monoisotopic (exact) mass is 264 g/mol. The van der Waals surface area contributed by atoms with Crippen LogP contribution in [0.5, 0.6) is 0 Å². The van der Waals surface area contributed by atoms with E-state index in [1.54, 1.807) is 0 Å². The Bertz CT molecular complexity index is 426. The van der Waals surface area contributed by atoms with Gasteiger partial charge in [0.25, 0.3) is 0 Å². The van der Waals surface area contributed by atoms with Crippen LogP contribution in [0.2, 0.25) is 0 Å². The highest BCUT2D eigenvalue weighted by Gasteiger charge is 2.25. The SMILES string of the molecule is CCO[C@H]1CN(C(=O)CC(C)C)Cc2cccn2C1. The minimum absolute atomic E-state index is 0.0924. The molecule has 0 bridgehead atoms. The Morgan fingerprint density at radius 3 is 2.95 bits per heavy atom. The third-order valence-electron chi connectivity index (χ3n) is 3.44. The Kier molecular flexibility index (Phi) is 4.64. The largest absolute Gasteiger partial charge is 0.375 e. The molecule has 1 aliphatic heterocycles. The van der Waals surface area contributed by atoms with Crippen LogP contribution in [0.4, 0.5) is 0 Å². The summed E-state index contributed by atoms with van der Waals surface area (Å²) in [4.78, 5) is 14.2. The standard InChI is InChI=1S/C15H24N2O2/c1-4-19-14-10-16-7-5-6-13(16)9-17(11-14)15(18)8-12(2)3/h5-7,12,14H,4,8-11H2,1-3H3/t14-/m1/s1. The van der Waals surface area contributed by atoms with Gasteiger partial charge in [-0.2, -0.15) is 0 Å². The van der Waals surface area contributed by atoms with Crippen molar-refractivity contribution in [2.45, 2.75) is 46.4 Å². The molecule has 0 N–H and O–H groups in total. The van der Waals surface area contributed by atoms with E-state index in [4.69, 9.17) is 4.74 Å². The number of amides is 1. The van der Waals surface area contributed by atoms with Crippen molar-refractivity contribution in [3.63, 3.8) is 0 Å². The lowest BCUT2D eigenvalue weighted by Crippen LogP contribution is -2.37. The van der Waals surface area contributed by atoms with E-state index in [1.165, 1.54) is 5.69 Å². The molecule has 1 aromatic heterocycles. The lowest BCUT2D eigenvalue weighted by Gasteiger charge is -2.24. The highest BCUT2D eigenvalue weighted by atomic mass is 16.5. The number of rotatable bonds is 4. The second-order valence-corrected chi connectivity index (χ2v) is 5.60. The summed E-state index contributed by atoms with van der Waals surface area (Å²) >= 11 is 0. The van der Waals surface area contributed by atoms with Gasteiger partial charge in [0, 0.05) is 31.5 Å². The molecular formula is C15H24N2O2. The summed E-state index contributed by atoms with van der Waals surface area (Å²) in [6.07, 6.45) is 2.77. The molecule has 1 atom stereocenters. The van der Waals surface area contributed by atoms with E-state index in [-0.39, 0.29) is 12.0 Å².